The number of ether oxygens (including phenoxy) is 2. The maximum absolute atomic E-state index is 13.4. The molecule has 0 aliphatic carbocycles. The van der Waals surface area contributed by atoms with Crippen molar-refractivity contribution in [2.45, 2.75) is 19.4 Å². The molecule has 1 amide bonds. The average Bonchev–Trinajstić information content (AvgIpc) is 2.85. The predicted octanol–water partition coefficient (Wildman–Crippen LogP) is 6.03. The summed E-state index contributed by atoms with van der Waals surface area (Å²) in [6, 6.07) is 21.3. The summed E-state index contributed by atoms with van der Waals surface area (Å²) in [7, 11) is 1.58. The minimum atomic E-state index is -0.894. The lowest BCUT2D eigenvalue weighted by atomic mass is 10.1. The molecule has 6 nitrogen and oxygen atoms in total. The summed E-state index contributed by atoms with van der Waals surface area (Å²) in [5.74, 6) is 0.575. The number of hydrogen-bond acceptors (Lipinski definition) is 5. The second kappa shape index (κ2) is 9.92. The Bertz CT molecular complexity index is 1330. The first-order valence-corrected chi connectivity index (χ1v) is 11.2. The van der Waals surface area contributed by atoms with Crippen molar-refractivity contribution in [2.24, 2.45) is 0 Å². The molecule has 1 heterocycles. The van der Waals surface area contributed by atoms with Crippen LogP contribution in [-0.4, -0.2) is 19.1 Å². The molecule has 7 heteroatoms. The fraction of sp³-hybridized carbons (Fsp3) is 0.154. The van der Waals surface area contributed by atoms with Crippen LogP contribution in [0.15, 0.2) is 86.5 Å². The number of carbonyl (C=O) groups excluding carboxylic acids is 1. The first kappa shape index (κ1) is 22.6. The number of halogens is 1. The normalized spacial score (nSPS) is 11.7. The van der Waals surface area contributed by atoms with Crippen molar-refractivity contribution in [2.75, 3.05) is 12.4 Å². The Kier molecular flexibility index (Phi) is 6.79. The number of rotatable bonds is 7. The van der Waals surface area contributed by atoms with Crippen LogP contribution >= 0.6 is 15.9 Å². The first-order valence-electron chi connectivity index (χ1n) is 10.4. The number of methoxy groups -OCH3 is 1. The largest absolute Gasteiger partial charge is 0.497 e. The minimum absolute atomic E-state index is 0.00308. The second-order valence-corrected chi connectivity index (χ2v) is 8.24. The van der Waals surface area contributed by atoms with Gasteiger partial charge in [-0.1, -0.05) is 35.0 Å². The van der Waals surface area contributed by atoms with Crippen LogP contribution in [0.25, 0.3) is 22.3 Å². The van der Waals surface area contributed by atoms with E-state index in [0.29, 0.717) is 34.4 Å². The van der Waals surface area contributed by atoms with Gasteiger partial charge in [0.1, 0.15) is 11.3 Å². The number of nitrogens with one attached hydrogen (secondary N) is 1. The molecule has 33 heavy (non-hydrogen) atoms. The van der Waals surface area contributed by atoms with Crippen LogP contribution < -0.4 is 20.2 Å². The summed E-state index contributed by atoms with van der Waals surface area (Å²) in [6.07, 6.45) is -0.536. The van der Waals surface area contributed by atoms with Crippen molar-refractivity contribution < 1.29 is 18.7 Å². The third-order valence-electron chi connectivity index (χ3n) is 5.14. The zero-order valence-corrected chi connectivity index (χ0v) is 19.7. The van der Waals surface area contributed by atoms with Gasteiger partial charge in [-0.05, 0) is 67.1 Å². The highest BCUT2D eigenvalue weighted by atomic mass is 79.9. The molecule has 0 saturated carbocycles. The summed E-state index contributed by atoms with van der Waals surface area (Å²) in [5.41, 5.74) is 1.37. The molecular formula is C26H22BrNO5. The summed E-state index contributed by atoms with van der Waals surface area (Å²) in [5, 5.41) is 3.22. The van der Waals surface area contributed by atoms with E-state index >= 15 is 0 Å². The van der Waals surface area contributed by atoms with Gasteiger partial charge in [0.15, 0.2) is 11.9 Å². The van der Waals surface area contributed by atoms with Crippen LogP contribution in [0, 0.1) is 0 Å². The van der Waals surface area contributed by atoms with Gasteiger partial charge in [-0.25, -0.2) is 0 Å². The van der Waals surface area contributed by atoms with Gasteiger partial charge in [0, 0.05) is 15.7 Å². The van der Waals surface area contributed by atoms with Gasteiger partial charge in [-0.2, -0.15) is 0 Å². The third-order valence-corrected chi connectivity index (χ3v) is 5.67. The molecule has 0 aliphatic heterocycles. The first-order chi connectivity index (χ1) is 16.0. The maximum Gasteiger partial charge on any atom is 0.265 e. The van der Waals surface area contributed by atoms with E-state index in [0.717, 1.165) is 4.47 Å². The molecule has 0 radical (unpaired) electrons. The molecule has 0 fully saturated rings. The fourth-order valence-corrected chi connectivity index (χ4v) is 3.65. The van der Waals surface area contributed by atoms with Crippen molar-refractivity contribution in [3.05, 3.63) is 87.5 Å². The Morgan fingerprint density at radius 2 is 1.73 bits per heavy atom. The summed E-state index contributed by atoms with van der Waals surface area (Å²) >= 11 is 3.37. The number of amides is 1. The molecule has 1 unspecified atom stereocenters. The van der Waals surface area contributed by atoms with E-state index in [4.69, 9.17) is 13.9 Å². The number of hydrogen-bond donors (Lipinski definition) is 1. The molecular weight excluding hydrogens is 486 g/mol. The number of fused-ring (bicyclic) bond motifs is 1. The van der Waals surface area contributed by atoms with Crippen molar-refractivity contribution in [1.82, 2.24) is 0 Å². The van der Waals surface area contributed by atoms with Crippen LogP contribution in [0.1, 0.15) is 13.3 Å². The van der Waals surface area contributed by atoms with Crippen LogP contribution in [0.5, 0.6) is 11.5 Å². The molecule has 1 N–H and O–H groups in total. The van der Waals surface area contributed by atoms with E-state index in [1.807, 2.05) is 19.1 Å². The Morgan fingerprint density at radius 1 is 1.03 bits per heavy atom. The van der Waals surface area contributed by atoms with Gasteiger partial charge in [0.2, 0.25) is 11.2 Å². The van der Waals surface area contributed by atoms with Gasteiger partial charge in [0.25, 0.3) is 5.91 Å². The monoisotopic (exact) mass is 507 g/mol. The highest BCUT2D eigenvalue weighted by Crippen LogP contribution is 2.33. The van der Waals surface area contributed by atoms with Crippen LogP contribution in [-0.2, 0) is 4.79 Å². The average molecular weight is 508 g/mol. The molecule has 3 aromatic carbocycles. The summed E-state index contributed by atoms with van der Waals surface area (Å²) in [6.45, 7) is 1.82. The third kappa shape index (κ3) is 4.93. The number of anilines is 1. The molecule has 1 aromatic heterocycles. The Balaban J connectivity index is 1.74. The lowest BCUT2D eigenvalue weighted by molar-refractivity contribution is -0.122. The molecule has 0 saturated heterocycles. The van der Waals surface area contributed by atoms with Crippen LogP contribution in [0.4, 0.5) is 5.69 Å². The standard InChI is InChI=1S/C26H22BrNO5/c1-3-21(26(30)28-18-12-10-17(27)11-13-18)32-25-23(29)20-6-4-5-7-22(20)33-24(25)16-8-14-19(31-2)15-9-16/h4-15,21H,3H2,1-2H3,(H,28,30). The lowest BCUT2D eigenvalue weighted by Crippen LogP contribution is -2.34. The number of carbonyl (C=O) groups is 1. The van der Waals surface area contributed by atoms with Crippen LogP contribution in [0.2, 0.25) is 0 Å². The molecule has 1 atom stereocenters. The zero-order valence-electron chi connectivity index (χ0n) is 18.1. The van der Waals surface area contributed by atoms with Crippen molar-refractivity contribution >= 4 is 38.5 Å². The van der Waals surface area contributed by atoms with Gasteiger partial charge in [-0.3, -0.25) is 9.59 Å². The topological polar surface area (TPSA) is 77.8 Å². The predicted molar refractivity (Wildman–Crippen MR) is 132 cm³/mol. The van der Waals surface area contributed by atoms with Gasteiger partial charge in [0.05, 0.1) is 12.5 Å². The van der Waals surface area contributed by atoms with Crippen molar-refractivity contribution in [3.63, 3.8) is 0 Å². The Morgan fingerprint density at radius 3 is 2.39 bits per heavy atom. The fourth-order valence-electron chi connectivity index (χ4n) is 3.38. The Hall–Kier alpha value is -3.58. The SMILES string of the molecule is CCC(Oc1c(-c2ccc(OC)cc2)oc2ccccc2c1=O)C(=O)Nc1ccc(Br)cc1. The van der Waals surface area contributed by atoms with E-state index < -0.39 is 6.10 Å². The second-order valence-electron chi connectivity index (χ2n) is 7.32. The quantitative estimate of drug-likeness (QED) is 0.330. The van der Waals surface area contributed by atoms with E-state index in [9.17, 15) is 9.59 Å². The highest BCUT2D eigenvalue weighted by Gasteiger charge is 2.25. The van der Waals surface area contributed by atoms with E-state index in [1.165, 1.54) is 0 Å². The highest BCUT2D eigenvalue weighted by molar-refractivity contribution is 9.10. The van der Waals surface area contributed by atoms with E-state index in [-0.39, 0.29) is 22.8 Å². The zero-order chi connectivity index (χ0) is 23.4. The van der Waals surface area contributed by atoms with Gasteiger partial charge >= 0.3 is 0 Å². The van der Waals surface area contributed by atoms with Gasteiger partial charge in [-0.15, -0.1) is 0 Å². The van der Waals surface area contributed by atoms with Crippen molar-refractivity contribution in [3.8, 4) is 22.8 Å². The van der Waals surface area contributed by atoms with Crippen molar-refractivity contribution in [1.29, 1.82) is 0 Å². The lowest BCUT2D eigenvalue weighted by Gasteiger charge is -2.19. The molecule has 4 aromatic rings. The van der Waals surface area contributed by atoms with E-state index in [2.05, 4.69) is 21.2 Å². The number of para-hydroxylation sites is 1. The van der Waals surface area contributed by atoms with E-state index in [1.54, 1.807) is 67.8 Å². The maximum atomic E-state index is 13.4. The molecule has 0 bridgehead atoms. The summed E-state index contributed by atoms with van der Waals surface area (Å²) < 4.78 is 18.3. The summed E-state index contributed by atoms with van der Waals surface area (Å²) in [4.78, 5) is 26.3. The number of benzene rings is 3. The van der Waals surface area contributed by atoms with Crippen LogP contribution in [0.3, 0.4) is 0 Å². The Labute approximate surface area is 199 Å². The van der Waals surface area contributed by atoms with Gasteiger partial charge < -0.3 is 19.2 Å². The molecule has 0 aliphatic rings. The molecule has 168 valence electrons. The molecule has 0 spiro atoms. The minimum Gasteiger partial charge on any atom is -0.497 e. The smallest absolute Gasteiger partial charge is 0.265 e. The molecule has 4 rings (SSSR count).